The molecule has 0 unspecified atom stereocenters. The molecule has 0 saturated heterocycles. The summed E-state index contributed by atoms with van der Waals surface area (Å²) in [6, 6.07) is 0.431. The minimum absolute atomic E-state index is 0. The number of nitrogens with zero attached hydrogens (tertiary/aromatic N) is 1. The summed E-state index contributed by atoms with van der Waals surface area (Å²) in [4.78, 5) is 4.55. The highest BCUT2D eigenvalue weighted by molar-refractivity contribution is 14.0. The summed E-state index contributed by atoms with van der Waals surface area (Å²) < 4.78 is 0. The van der Waals surface area contributed by atoms with Gasteiger partial charge in [0, 0.05) is 19.1 Å². The van der Waals surface area contributed by atoms with Crippen LogP contribution in [-0.4, -0.2) is 25.1 Å². The van der Waals surface area contributed by atoms with Crippen LogP contribution in [0.15, 0.2) is 4.99 Å². The van der Waals surface area contributed by atoms with Crippen LogP contribution in [0, 0.1) is 5.41 Å². The molecular weight excluding hydrogens is 325 g/mol. The molecule has 0 aromatic rings. The number of halogens is 1. The van der Waals surface area contributed by atoms with Crippen molar-refractivity contribution in [2.45, 2.75) is 60.4 Å². The SMILES string of the molecule is CCNC(=NCCCC(C)(C)C)NC(C)C.I. The Hall–Kier alpha value is 0. The van der Waals surface area contributed by atoms with Crippen molar-refractivity contribution in [3.8, 4) is 0 Å². The second-order valence-electron chi connectivity index (χ2n) is 5.72. The van der Waals surface area contributed by atoms with E-state index >= 15 is 0 Å². The van der Waals surface area contributed by atoms with Gasteiger partial charge in [-0.05, 0) is 39.0 Å². The summed E-state index contributed by atoms with van der Waals surface area (Å²) in [6.07, 6.45) is 2.37. The average molecular weight is 355 g/mol. The van der Waals surface area contributed by atoms with Crippen LogP contribution in [0.25, 0.3) is 0 Å². The Morgan fingerprint density at radius 3 is 2.24 bits per heavy atom. The van der Waals surface area contributed by atoms with Gasteiger partial charge in [-0.15, -0.1) is 24.0 Å². The first kappa shape index (κ1) is 19.3. The zero-order chi connectivity index (χ0) is 12.6. The van der Waals surface area contributed by atoms with Gasteiger partial charge >= 0.3 is 0 Å². The van der Waals surface area contributed by atoms with Gasteiger partial charge in [0.2, 0.25) is 0 Å². The largest absolute Gasteiger partial charge is 0.357 e. The minimum Gasteiger partial charge on any atom is -0.357 e. The standard InChI is InChI=1S/C13H29N3.HI/c1-7-14-12(16-11(2)3)15-10-8-9-13(4,5)6;/h11H,7-10H2,1-6H3,(H2,14,15,16);1H. The predicted molar refractivity (Wildman–Crippen MR) is 88.4 cm³/mol. The summed E-state index contributed by atoms with van der Waals surface area (Å²) in [6.45, 7) is 15.0. The van der Waals surface area contributed by atoms with Gasteiger partial charge in [0.05, 0.1) is 0 Å². The lowest BCUT2D eigenvalue weighted by atomic mass is 9.91. The molecule has 0 aliphatic rings. The first-order valence-electron chi connectivity index (χ1n) is 6.40. The second kappa shape index (κ2) is 9.97. The zero-order valence-electron chi connectivity index (χ0n) is 12.3. The first-order chi connectivity index (χ1) is 7.35. The molecule has 0 heterocycles. The number of hydrogen-bond acceptors (Lipinski definition) is 1. The Balaban J connectivity index is 0. The third kappa shape index (κ3) is 13.9. The lowest BCUT2D eigenvalue weighted by Gasteiger charge is -2.17. The molecular formula is C13H30IN3. The highest BCUT2D eigenvalue weighted by Gasteiger charge is 2.08. The van der Waals surface area contributed by atoms with E-state index in [1.165, 1.54) is 6.42 Å². The summed E-state index contributed by atoms with van der Waals surface area (Å²) in [5.41, 5.74) is 0.416. The molecule has 0 aromatic heterocycles. The summed E-state index contributed by atoms with van der Waals surface area (Å²) in [5.74, 6) is 0.936. The maximum absolute atomic E-state index is 4.55. The topological polar surface area (TPSA) is 36.4 Å². The predicted octanol–water partition coefficient (Wildman–Crippen LogP) is 3.39. The van der Waals surface area contributed by atoms with Crippen LogP contribution >= 0.6 is 24.0 Å². The fraction of sp³-hybridized carbons (Fsp3) is 0.923. The van der Waals surface area contributed by atoms with Crippen LogP contribution in [0.1, 0.15) is 54.4 Å². The van der Waals surface area contributed by atoms with Gasteiger partial charge in [0.1, 0.15) is 0 Å². The normalized spacial score (nSPS) is 12.3. The number of aliphatic imine (C=N–C) groups is 1. The third-order valence-electron chi connectivity index (χ3n) is 2.12. The molecule has 0 saturated carbocycles. The Kier molecular flexibility index (Phi) is 11.3. The van der Waals surface area contributed by atoms with Crippen molar-refractivity contribution in [2.24, 2.45) is 10.4 Å². The molecule has 104 valence electrons. The number of nitrogens with one attached hydrogen (secondary N) is 2. The Morgan fingerprint density at radius 2 is 1.82 bits per heavy atom. The maximum atomic E-state index is 4.55. The second-order valence-corrected chi connectivity index (χ2v) is 5.72. The first-order valence-corrected chi connectivity index (χ1v) is 6.40. The van der Waals surface area contributed by atoms with Crippen molar-refractivity contribution >= 4 is 29.9 Å². The van der Waals surface area contributed by atoms with E-state index in [1.54, 1.807) is 0 Å². The van der Waals surface area contributed by atoms with Crippen molar-refractivity contribution in [3.05, 3.63) is 0 Å². The Bertz CT molecular complexity index is 207. The monoisotopic (exact) mass is 355 g/mol. The van der Waals surface area contributed by atoms with Crippen molar-refractivity contribution in [1.29, 1.82) is 0 Å². The average Bonchev–Trinajstić information content (AvgIpc) is 2.10. The van der Waals surface area contributed by atoms with Crippen LogP contribution in [0.2, 0.25) is 0 Å². The Labute approximate surface area is 124 Å². The molecule has 17 heavy (non-hydrogen) atoms. The Morgan fingerprint density at radius 1 is 1.24 bits per heavy atom. The van der Waals surface area contributed by atoms with Crippen molar-refractivity contribution < 1.29 is 0 Å². The molecule has 0 aliphatic heterocycles. The van der Waals surface area contributed by atoms with E-state index in [1.807, 2.05) is 0 Å². The van der Waals surface area contributed by atoms with Gasteiger partial charge in [0.15, 0.2) is 5.96 Å². The molecule has 0 amide bonds. The minimum atomic E-state index is 0. The molecule has 0 radical (unpaired) electrons. The highest BCUT2D eigenvalue weighted by Crippen LogP contribution is 2.20. The molecule has 0 atom stereocenters. The molecule has 0 spiro atoms. The van der Waals surface area contributed by atoms with Crippen LogP contribution in [0.3, 0.4) is 0 Å². The fourth-order valence-corrected chi connectivity index (χ4v) is 1.39. The van der Waals surface area contributed by atoms with Gasteiger partial charge in [0.25, 0.3) is 0 Å². The van der Waals surface area contributed by atoms with E-state index in [9.17, 15) is 0 Å². The molecule has 4 heteroatoms. The van der Waals surface area contributed by atoms with E-state index in [0.717, 1.165) is 25.5 Å². The molecule has 0 bridgehead atoms. The lowest BCUT2D eigenvalue weighted by Crippen LogP contribution is -2.41. The molecule has 2 N–H and O–H groups in total. The number of guanidine groups is 1. The summed E-state index contributed by atoms with van der Waals surface area (Å²) >= 11 is 0. The fourth-order valence-electron chi connectivity index (χ4n) is 1.39. The quantitative estimate of drug-likeness (QED) is 0.343. The van der Waals surface area contributed by atoms with Crippen LogP contribution in [0.5, 0.6) is 0 Å². The van der Waals surface area contributed by atoms with E-state index in [-0.39, 0.29) is 24.0 Å². The number of rotatable bonds is 5. The smallest absolute Gasteiger partial charge is 0.191 e. The third-order valence-corrected chi connectivity index (χ3v) is 2.12. The van der Waals surface area contributed by atoms with E-state index in [0.29, 0.717) is 11.5 Å². The zero-order valence-corrected chi connectivity index (χ0v) is 14.6. The van der Waals surface area contributed by atoms with E-state index in [4.69, 9.17) is 0 Å². The van der Waals surface area contributed by atoms with E-state index < -0.39 is 0 Å². The van der Waals surface area contributed by atoms with E-state index in [2.05, 4.69) is 57.2 Å². The van der Waals surface area contributed by atoms with Crippen LogP contribution in [0.4, 0.5) is 0 Å². The molecule has 0 fully saturated rings. The van der Waals surface area contributed by atoms with Gasteiger partial charge in [-0.3, -0.25) is 4.99 Å². The lowest BCUT2D eigenvalue weighted by molar-refractivity contribution is 0.368. The van der Waals surface area contributed by atoms with Gasteiger partial charge < -0.3 is 10.6 Å². The highest BCUT2D eigenvalue weighted by atomic mass is 127. The molecule has 0 aliphatic carbocycles. The molecule has 0 rings (SSSR count). The molecule has 0 aromatic carbocycles. The molecule has 3 nitrogen and oxygen atoms in total. The summed E-state index contributed by atoms with van der Waals surface area (Å²) in [5, 5.41) is 6.57. The van der Waals surface area contributed by atoms with Crippen LogP contribution in [-0.2, 0) is 0 Å². The van der Waals surface area contributed by atoms with Crippen LogP contribution < -0.4 is 10.6 Å². The summed E-state index contributed by atoms with van der Waals surface area (Å²) in [7, 11) is 0. The number of hydrogen-bond donors (Lipinski definition) is 2. The van der Waals surface area contributed by atoms with Crippen molar-refractivity contribution in [1.82, 2.24) is 10.6 Å². The maximum Gasteiger partial charge on any atom is 0.191 e. The van der Waals surface area contributed by atoms with Gasteiger partial charge in [-0.1, -0.05) is 20.8 Å². The van der Waals surface area contributed by atoms with Gasteiger partial charge in [-0.2, -0.15) is 0 Å². The van der Waals surface area contributed by atoms with Gasteiger partial charge in [-0.25, -0.2) is 0 Å². The van der Waals surface area contributed by atoms with Crippen molar-refractivity contribution in [2.75, 3.05) is 13.1 Å². The van der Waals surface area contributed by atoms with Crippen molar-refractivity contribution in [3.63, 3.8) is 0 Å².